The molecule has 1 aromatic carbocycles. The van der Waals surface area contributed by atoms with Gasteiger partial charge in [-0.05, 0) is 30.5 Å². The van der Waals surface area contributed by atoms with Crippen LogP contribution in [0.25, 0.3) is 0 Å². The van der Waals surface area contributed by atoms with Gasteiger partial charge in [-0.1, -0.05) is 19.4 Å². The van der Waals surface area contributed by atoms with Gasteiger partial charge in [0.1, 0.15) is 18.0 Å². The summed E-state index contributed by atoms with van der Waals surface area (Å²) < 4.78 is 14.9. The van der Waals surface area contributed by atoms with Crippen LogP contribution in [0.15, 0.2) is 24.5 Å². The molecular formula is C21H28N6O2. The maximum atomic E-state index is 5.43. The fraction of sp³-hybridized carbons (Fsp3) is 0.524. The van der Waals surface area contributed by atoms with Crippen molar-refractivity contribution in [1.82, 2.24) is 29.5 Å². The zero-order valence-electron chi connectivity index (χ0n) is 17.3. The van der Waals surface area contributed by atoms with Gasteiger partial charge in [0.15, 0.2) is 17.3 Å². The van der Waals surface area contributed by atoms with Crippen molar-refractivity contribution in [1.29, 1.82) is 0 Å². The van der Waals surface area contributed by atoms with Crippen LogP contribution in [0.4, 0.5) is 0 Å². The summed E-state index contributed by atoms with van der Waals surface area (Å²) in [5.41, 5.74) is 1.10. The summed E-state index contributed by atoms with van der Waals surface area (Å²) >= 11 is 0. The van der Waals surface area contributed by atoms with Crippen LogP contribution < -0.4 is 9.47 Å². The number of methoxy groups -OCH3 is 2. The predicted molar refractivity (Wildman–Crippen MR) is 108 cm³/mol. The molecule has 1 unspecified atom stereocenters. The predicted octanol–water partition coefficient (Wildman–Crippen LogP) is 3.01. The van der Waals surface area contributed by atoms with Crippen molar-refractivity contribution in [2.75, 3.05) is 14.2 Å². The molecular weight excluding hydrogens is 368 g/mol. The second kappa shape index (κ2) is 8.63. The Labute approximate surface area is 170 Å². The topological polar surface area (TPSA) is 79.9 Å². The first kappa shape index (κ1) is 19.4. The van der Waals surface area contributed by atoms with Crippen LogP contribution in [0, 0.1) is 0 Å². The Morgan fingerprint density at radius 3 is 2.83 bits per heavy atom. The molecule has 3 heterocycles. The molecule has 1 aliphatic heterocycles. The largest absolute Gasteiger partial charge is 0.493 e. The van der Waals surface area contributed by atoms with Gasteiger partial charge < -0.3 is 9.47 Å². The summed E-state index contributed by atoms with van der Waals surface area (Å²) in [7, 11) is 3.30. The highest BCUT2D eigenvalue weighted by Gasteiger charge is 2.26. The van der Waals surface area contributed by atoms with Crippen molar-refractivity contribution in [2.24, 2.45) is 0 Å². The molecule has 0 aliphatic carbocycles. The second-order valence-corrected chi connectivity index (χ2v) is 7.42. The van der Waals surface area contributed by atoms with Crippen LogP contribution >= 0.6 is 0 Å². The molecule has 29 heavy (non-hydrogen) atoms. The summed E-state index contributed by atoms with van der Waals surface area (Å²) in [6.07, 6.45) is 6.40. The van der Waals surface area contributed by atoms with Crippen LogP contribution in [0.3, 0.4) is 0 Å². The summed E-state index contributed by atoms with van der Waals surface area (Å²) in [6, 6.07) is 5.96. The summed E-state index contributed by atoms with van der Waals surface area (Å²) in [4.78, 5) is 9.36. The molecule has 0 saturated heterocycles. The molecule has 1 atom stereocenters. The maximum Gasteiger partial charge on any atom is 0.161 e. The van der Waals surface area contributed by atoms with Crippen LogP contribution in [0.1, 0.15) is 55.1 Å². The molecule has 2 aromatic heterocycles. The minimum atomic E-state index is 0.329. The van der Waals surface area contributed by atoms with Gasteiger partial charge in [-0.2, -0.15) is 10.2 Å². The molecule has 0 fully saturated rings. The van der Waals surface area contributed by atoms with Crippen LogP contribution in [0.5, 0.6) is 11.5 Å². The van der Waals surface area contributed by atoms with E-state index in [1.807, 2.05) is 22.9 Å². The van der Waals surface area contributed by atoms with E-state index in [1.54, 1.807) is 20.5 Å². The third-order valence-corrected chi connectivity index (χ3v) is 5.46. The Balaban J connectivity index is 1.58. The molecule has 8 nitrogen and oxygen atoms in total. The summed E-state index contributed by atoms with van der Waals surface area (Å²) in [6.45, 7) is 3.98. The fourth-order valence-corrected chi connectivity index (χ4v) is 3.88. The number of aryl methyl sites for hydroxylation is 2. The van der Waals surface area contributed by atoms with Gasteiger partial charge in [0.05, 0.1) is 14.2 Å². The molecule has 0 spiro atoms. The third kappa shape index (κ3) is 4.11. The van der Waals surface area contributed by atoms with Crippen molar-refractivity contribution in [3.05, 3.63) is 47.6 Å². The Bertz CT molecular complexity index is 964. The lowest BCUT2D eigenvalue weighted by Gasteiger charge is -2.21. The number of aromatic nitrogens is 6. The number of fused-ring (bicyclic) bond motifs is 1. The quantitative estimate of drug-likeness (QED) is 0.582. The van der Waals surface area contributed by atoms with Gasteiger partial charge in [0, 0.05) is 31.8 Å². The van der Waals surface area contributed by atoms with Crippen LogP contribution in [-0.2, 0) is 25.9 Å². The molecule has 0 amide bonds. The molecule has 3 aromatic rings. The summed E-state index contributed by atoms with van der Waals surface area (Å²) in [5.74, 6) is 4.73. The number of hydrogen-bond donors (Lipinski definition) is 0. The molecule has 0 saturated carbocycles. The van der Waals surface area contributed by atoms with Gasteiger partial charge in [-0.15, -0.1) is 0 Å². The van der Waals surface area contributed by atoms with E-state index in [4.69, 9.17) is 19.6 Å². The van der Waals surface area contributed by atoms with E-state index in [0.717, 1.165) is 73.3 Å². The van der Waals surface area contributed by atoms with E-state index in [2.05, 4.69) is 21.7 Å². The number of benzene rings is 1. The molecule has 0 bridgehead atoms. The van der Waals surface area contributed by atoms with Crippen molar-refractivity contribution in [3.8, 4) is 11.5 Å². The fourth-order valence-electron chi connectivity index (χ4n) is 3.88. The summed E-state index contributed by atoms with van der Waals surface area (Å²) in [5, 5.41) is 9.14. The first-order chi connectivity index (χ1) is 14.2. The lowest BCUT2D eigenvalue weighted by atomic mass is 9.97. The molecule has 1 aliphatic rings. The first-order valence-electron chi connectivity index (χ1n) is 10.2. The minimum absolute atomic E-state index is 0.329. The highest BCUT2D eigenvalue weighted by Crippen LogP contribution is 2.30. The lowest BCUT2D eigenvalue weighted by Crippen LogP contribution is -2.22. The number of hydrogen-bond acceptors (Lipinski definition) is 6. The standard InChI is InChI=1S/C21H28N6O2/c1-4-5-9-27-21(16-8-10-26-20(13-16)22-14-23-26)24-19(25-27)12-15-6-7-17(28-2)18(11-15)29-3/h6-7,11,14,16H,4-5,8-10,12-13H2,1-3H3. The van der Waals surface area contributed by atoms with Crippen LogP contribution in [-0.4, -0.2) is 43.7 Å². The molecule has 8 heteroatoms. The molecule has 0 N–H and O–H groups in total. The smallest absolute Gasteiger partial charge is 0.161 e. The average Bonchev–Trinajstić information content (AvgIpc) is 3.38. The monoisotopic (exact) mass is 396 g/mol. The molecule has 154 valence electrons. The molecule has 4 rings (SSSR count). The van der Waals surface area contributed by atoms with E-state index in [0.29, 0.717) is 12.3 Å². The Hall–Kier alpha value is -2.90. The van der Waals surface area contributed by atoms with Crippen LogP contribution in [0.2, 0.25) is 0 Å². The number of unbranched alkanes of at least 4 members (excludes halogenated alkanes) is 1. The number of rotatable bonds is 8. The minimum Gasteiger partial charge on any atom is -0.493 e. The third-order valence-electron chi connectivity index (χ3n) is 5.46. The number of nitrogens with zero attached hydrogens (tertiary/aromatic N) is 6. The second-order valence-electron chi connectivity index (χ2n) is 7.42. The van der Waals surface area contributed by atoms with E-state index in [9.17, 15) is 0 Å². The van der Waals surface area contributed by atoms with E-state index in [1.165, 1.54) is 0 Å². The van der Waals surface area contributed by atoms with Crippen molar-refractivity contribution < 1.29 is 9.47 Å². The Kier molecular flexibility index (Phi) is 5.78. The van der Waals surface area contributed by atoms with E-state index in [-0.39, 0.29) is 0 Å². The SMILES string of the molecule is CCCCn1nc(Cc2ccc(OC)c(OC)c2)nc1C1CCn2ncnc2C1. The van der Waals surface area contributed by atoms with Gasteiger partial charge in [-0.3, -0.25) is 4.68 Å². The van der Waals surface area contributed by atoms with Gasteiger partial charge in [0.2, 0.25) is 0 Å². The number of ether oxygens (including phenoxy) is 2. The van der Waals surface area contributed by atoms with E-state index >= 15 is 0 Å². The van der Waals surface area contributed by atoms with Gasteiger partial charge in [0.25, 0.3) is 0 Å². The maximum absolute atomic E-state index is 5.43. The van der Waals surface area contributed by atoms with Crippen molar-refractivity contribution in [2.45, 2.75) is 58.0 Å². The lowest BCUT2D eigenvalue weighted by molar-refractivity contribution is 0.354. The van der Waals surface area contributed by atoms with E-state index < -0.39 is 0 Å². The first-order valence-corrected chi connectivity index (χ1v) is 10.2. The molecule has 0 radical (unpaired) electrons. The van der Waals surface area contributed by atoms with Crippen molar-refractivity contribution in [3.63, 3.8) is 0 Å². The zero-order chi connectivity index (χ0) is 20.2. The Morgan fingerprint density at radius 1 is 1.17 bits per heavy atom. The average molecular weight is 396 g/mol. The normalized spacial score (nSPS) is 15.9. The Morgan fingerprint density at radius 2 is 2.03 bits per heavy atom. The highest BCUT2D eigenvalue weighted by molar-refractivity contribution is 5.43. The van der Waals surface area contributed by atoms with Crippen molar-refractivity contribution >= 4 is 0 Å². The van der Waals surface area contributed by atoms with Gasteiger partial charge >= 0.3 is 0 Å². The van der Waals surface area contributed by atoms with Gasteiger partial charge in [-0.25, -0.2) is 14.6 Å². The zero-order valence-corrected chi connectivity index (χ0v) is 17.3. The highest BCUT2D eigenvalue weighted by atomic mass is 16.5.